The fourth-order valence-electron chi connectivity index (χ4n) is 0.516. The van der Waals surface area contributed by atoms with Crippen LogP contribution < -0.4 is 0 Å². The highest BCUT2D eigenvalue weighted by atomic mass is 32.1. The van der Waals surface area contributed by atoms with Crippen LogP contribution in [0.3, 0.4) is 0 Å². The van der Waals surface area contributed by atoms with Crippen molar-refractivity contribution in [3.8, 4) is 6.07 Å². The second kappa shape index (κ2) is 2.16. The van der Waals surface area contributed by atoms with Crippen LogP contribution in [0.15, 0.2) is 5.38 Å². The second-order valence-electron chi connectivity index (χ2n) is 1.63. The summed E-state index contributed by atoms with van der Waals surface area (Å²) >= 11 is 1.26. The van der Waals surface area contributed by atoms with Crippen LogP contribution in [0.1, 0.15) is 10.4 Å². The molecular weight excluding hydrogens is 137 g/mol. The second-order valence-corrected chi connectivity index (χ2v) is 2.72. The van der Waals surface area contributed by atoms with Gasteiger partial charge in [-0.1, -0.05) is 0 Å². The minimum atomic E-state index is -0.373. The highest BCUT2D eigenvalue weighted by Crippen LogP contribution is 2.17. The first-order chi connectivity index (χ1) is 4.25. The molecule has 1 rings (SSSR count). The van der Waals surface area contributed by atoms with E-state index in [9.17, 15) is 4.39 Å². The molecule has 0 fully saturated rings. The molecule has 3 heteroatoms. The van der Waals surface area contributed by atoms with Gasteiger partial charge in [0.25, 0.3) is 0 Å². The zero-order valence-electron chi connectivity index (χ0n) is 4.81. The summed E-state index contributed by atoms with van der Waals surface area (Å²) in [6.07, 6.45) is 0. The molecule has 0 radical (unpaired) electrons. The van der Waals surface area contributed by atoms with E-state index < -0.39 is 0 Å². The fraction of sp³-hybridized carbons (Fsp3) is 0.167. The lowest BCUT2D eigenvalue weighted by molar-refractivity contribution is 0.622. The normalized spacial score (nSPS) is 9.00. The number of halogens is 1. The molecule has 0 aliphatic rings. The number of aryl methyl sites for hydroxylation is 1. The van der Waals surface area contributed by atoms with Gasteiger partial charge in [0.05, 0.1) is 5.56 Å². The summed E-state index contributed by atoms with van der Waals surface area (Å²) in [5, 5.41) is 9.77. The van der Waals surface area contributed by atoms with Gasteiger partial charge in [-0.3, -0.25) is 0 Å². The molecule has 0 saturated carbocycles. The maximum absolute atomic E-state index is 12.5. The number of thiophene rings is 1. The van der Waals surface area contributed by atoms with Crippen molar-refractivity contribution in [2.24, 2.45) is 0 Å². The lowest BCUT2D eigenvalue weighted by atomic mass is 10.3. The van der Waals surface area contributed by atoms with Gasteiger partial charge in [-0.2, -0.15) is 5.26 Å². The van der Waals surface area contributed by atoms with Gasteiger partial charge >= 0.3 is 0 Å². The minimum absolute atomic E-state index is 0.150. The standard InChI is InChI=1S/C6H4FNS/c1-4-6(7)5(2-8)3-9-4/h3H,1H3. The number of rotatable bonds is 0. The summed E-state index contributed by atoms with van der Waals surface area (Å²) in [4.78, 5) is 0.576. The Morgan fingerprint density at radius 3 is 2.67 bits per heavy atom. The average Bonchev–Trinajstić information content (AvgIpc) is 2.15. The van der Waals surface area contributed by atoms with Crippen LogP contribution in [0.2, 0.25) is 0 Å². The smallest absolute Gasteiger partial charge is 0.154 e. The molecule has 46 valence electrons. The Morgan fingerprint density at radius 1 is 1.78 bits per heavy atom. The molecule has 0 unspecified atom stereocenters. The molecule has 1 nitrogen and oxygen atoms in total. The van der Waals surface area contributed by atoms with E-state index in [2.05, 4.69) is 0 Å². The lowest BCUT2D eigenvalue weighted by Gasteiger charge is -1.79. The molecule has 0 aliphatic heterocycles. The molecule has 1 aromatic rings. The van der Waals surface area contributed by atoms with Crippen molar-refractivity contribution in [2.45, 2.75) is 6.92 Å². The van der Waals surface area contributed by atoms with Crippen molar-refractivity contribution in [1.82, 2.24) is 0 Å². The average molecular weight is 141 g/mol. The summed E-state index contributed by atoms with van der Waals surface area (Å²) in [6.45, 7) is 1.65. The van der Waals surface area contributed by atoms with Gasteiger partial charge in [0, 0.05) is 10.3 Å². The van der Waals surface area contributed by atoms with Crippen LogP contribution in [0.5, 0.6) is 0 Å². The Morgan fingerprint density at radius 2 is 2.44 bits per heavy atom. The maximum Gasteiger partial charge on any atom is 0.154 e. The van der Waals surface area contributed by atoms with E-state index in [0.29, 0.717) is 4.88 Å². The quantitative estimate of drug-likeness (QED) is 0.542. The van der Waals surface area contributed by atoms with Gasteiger partial charge in [0.15, 0.2) is 5.82 Å². The summed E-state index contributed by atoms with van der Waals surface area (Å²) in [6, 6.07) is 1.75. The number of hydrogen-bond donors (Lipinski definition) is 0. The highest BCUT2D eigenvalue weighted by Gasteiger charge is 2.04. The van der Waals surface area contributed by atoms with E-state index in [1.807, 2.05) is 0 Å². The first-order valence-corrected chi connectivity index (χ1v) is 3.27. The summed E-state index contributed by atoms with van der Waals surface area (Å²) in [5.74, 6) is -0.373. The zero-order chi connectivity index (χ0) is 6.85. The summed E-state index contributed by atoms with van der Waals surface area (Å²) < 4.78 is 12.5. The highest BCUT2D eigenvalue weighted by molar-refractivity contribution is 7.10. The van der Waals surface area contributed by atoms with Gasteiger partial charge in [-0.15, -0.1) is 11.3 Å². The third-order valence-electron chi connectivity index (χ3n) is 1.02. The molecule has 1 aromatic heterocycles. The van der Waals surface area contributed by atoms with Crippen LogP contribution in [0, 0.1) is 24.1 Å². The van der Waals surface area contributed by atoms with Crippen molar-refractivity contribution in [3.05, 3.63) is 21.6 Å². The molecule has 0 N–H and O–H groups in total. The molecule has 0 aliphatic carbocycles. The third kappa shape index (κ3) is 0.936. The largest absolute Gasteiger partial charge is 0.204 e. The van der Waals surface area contributed by atoms with Crippen LogP contribution in [-0.2, 0) is 0 Å². The monoisotopic (exact) mass is 141 g/mol. The molecule has 0 spiro atoms. The molecule has 0 saturated heterocycles. The van der Waals surface area contributed by atoms with Gasteiger partial charge in [0.1, 0.15) is 6.07 Å². The van der Waals surface area contributed by atoms with E-state index in [4.69, 9.17) is 5.26 Å². The van der Waals surface area contributed by atoms with Gasteiger partial charge < -0.3 is 0 Å². The Hall–Kier alpha value is -0.880. The van der Waals surface area contributed by atoms with E-state index in [0.717, 1.165) is 0 Å². The van der Waals surface area contributed by atoms with Gasteiger partial charge in [-0.05, 0) is 6.92 Å². The van der Waals surface area contributed by atoms with Crippen LogP contribution >= 0.6 is 11.3 Å². The Kier molecular flexibility index (Phi) is 1.50. The molecule has 0 amide bonds. The molecule has 9 heavy (non-hydrogen) atoms. The molecule has 0 atom stereocenters. The van der Waals surface area contributed by atoms with Gasteiger partial charge in [-0.25, -0.2) is 4.39 Å². The van der Waals surface area contributed by atoms with Crippen LogP contribution in [0.25, 0.3) is 0 Å². The van der Waals surface area contributed by atoms with Crippen molar-refractivity contribution in [3.63, 3.8) is 0 Å². The third-order valence-corrected chi connectivity index (χ3v) is 1.91. The SMILES string of the molecule is Cc1scc(C#N)c1F. The summed E-state index contributed by atoms with van der Waals surface area (Å²) in [5.41, 5.74) is 0.150. The van der Waals surface area contributed by atoms with Crippen molar-refractivity contribution in [2.75, 3.05) is 0 Å². The molecular formula is C6H4FNS. The number of nitrogens with zero attached hydrogens (tertiary/aromatic N) is 1. The van der Waals surface area contributed by atoms with Crippen molar-refractivity contribution >= 4 is 11.3 Å². The summed E-state index contributed by atoms with van der Waals surface area (Å²) in [7, 11) is 0. The van der Waals surface area contributed by atoms with E-state index in [1.54, 1.807) is 13.0 Å². The zero-order valence-corrected chi connectivity index (χ0v) is 5.63. The minimum Gasteiger partial charge on any atom is -0.204 e. The Labute approximate surface area is 56.4 Å². The van der Waals surface area contributed by atoms with Crippen LogP contribution in [-0.4, -0.2) is 0 Å². The Bertz CT molecular complexity index is 259. The van der Waals surface area contributed by atoms with Crippen molar-refractivity contribution < 1.29 is 4.39 Å². The van der Waals surface area contributed by atoms with E-state index >= 15 is 0 Å². The predicted octanol–water partition coefficient (Wildman–Crippen LogP) is 2.07. The predicted molar refractivity (Wildman–Crippen MR) is 33.7 cm³/mol. The maximum atomic E-state index is 12.5. The molecule has 1 heterocycles. The Balaban J connectivity index is 3.24. The van der Waals surface area contributed by atoms with Crippen LogP contribution in [0.4, 0.5) is 4.39 Å². The first-order valence-electron chi connectivity index (χ1n) is 2.39. The van der Waals surface area contributed by atoms with E-state index in [-0.39, 0.29) is 11.4 Å². The molecule has 0 aromatic carbocycles. The van der Waals surface area contributed by atoms with Crippen molar-refractivity contribution in [1.29, 1.82) is 5.26 Å². The first kappa shape index (κ1) is 6.24. The van der Waals surface area contributed by atoms with Gasteiger partial charge in [0.2, 0.25) is 0 Å². The number of hydrogen-bond acceptors (Lipinski definition) is 2. The lowest BCUT2D eigenvalue weighted by Crippen LogP contribution is -1.74. The fourth-order valence-corrected chi connectivity index (χ4v) is 1.18. The molecule has 0 bridgehead atoms. The van der Waals surface area contributed by atoms with E-state index in [1.165, 1.54) is 16.7 Å². The number of nitriles is 1. The topological polar surface area (TPSA) is 23.8 Å².